The number of ether oxygens (including phenoxy) is 1. The van der Waals surface area contributed by atoms with Crippen LogP contribution in [-0.2, 0) is 9.53 Å². The Morgan fingerprint density at radius 2 is 1.94 bits per heavy atom. The standard InChI is InChI=1S/C8H11F5N2O2/c9-7(10,8(11,12)13)6(16)15-1-2-17-5(3-14)4-15/h5H,1-4,14H2. The van der Waals surface area contributed by atoms with E-state index in [1.807, 2.05) is 0 Å². The lowest BCUT2D eigenvalue weighted by atomic mass is 10.2. The Hall–Kier alpha value is -0.960. The van der Waals surface area contributed by atoms with E-state index in [1.54, 1.807) is 0 Å². The number of hydrogen-bond donors (Lipinski definition) is 1. The molecular formula is C8H11F5N2O2. The SMILES string of the molecule is NCC1CN(C(=O)C(F)(F)C(F)(F)F)CCO1. The Labute approximate surface area is 93.5 Å². The molecule has 1 rings (SSSR count). The van der Waals surface area contributed by atoms with Crippen LogP contribution < -0.4 is 5.73 Å². The highest BCUT2D eigenvalue weighted by Crippen LogP contribution is 2.37. The van der Waals surface area contributed by atoms with Crippen molar-refractivity contribution >= 4 is 5.91 Å². The molecule has 1 fully saturated rings. The number of hydrogen-bond acceptors (Lipinski definition) is 3. The van der Waals surface area contributed by atoms with Crippen molar-refractivity contribution in [3.8, 4) is 0 Å². The average molecular weight is 262 g/mol. The van der Waals surface area contributed by atoms with Gasteiger partial charge >= 0.3 is 18.0 Å². The Morgan fingerprint density at radius 3 is 2.41 bits per heavy atom. The van der Waals surface area contributed by atoms with Crippen molar-refractivity contribution in [2.45, 2.75) is 18.2 Å². The van der Waals surface area contributed by atoms with E-state index in [1.165, 1.54) is 0 Å². The van der Waals surface area contributed by atoms with Crippen LogP contribution >= 0.6 is 0 Å². The second-order valence-corrected chi connectivity index (χ2v) is 3.55. The van der Waals surface area contributed by atoms with Crippen molar-refractivity contribution in [3.05, 3.63) is 0 Å². The van der Waals surface area contributed by atoms with Crippen LogP contribution in [0.25, 0.3) is 0 Å². The van der Waals surface area contributed by atoms with Gasteiger partial charge in [0.2, 0.25) is 0 Å². The lowest BCUT2D eigenvalue weighted by Gasteiger charge is -2.34. The largest absolute Gasteiger partial charge is 0.463 e. The van der Waals surface area contributed by atoms with E-state index in [0.717, 1.165) is 0 Å². The number of nitrogens with two attached hydrogens (primary N) is 1. The summed E-state index contributed by atoms with van der Waals surface area (Å²) in [5.74, 6) is -7.63. The highest BCUT2D eigenvalue weighted by Gasteiger charge is 2.64. The van der Waals surface area contributed by atoms with Gasteiger partial charge < -0.3 is 15.4 Å². The third kappa shape index (κ3) is 2.83. The first-order valence-electron chi connectivity index (χ1n) is 4.75. The van der Waals surface area contributed by atoms with Gasteiger partial charge in [0.1, 0.15) is 0 Å². The first-order valence-corrected chi connectivity index (χ1v) is 4.75. The summed E-state index contributed by atoms with van der Waals surface area (Å²) in [4.78, 5) is 11.5. The summed E-state index contributed by atoms with van der Waals surface area (Å²) in [7, 11) is 0. The molecule has 2 N–H and O–H groups in total. The summed E-state index contributed by atoms with van der Waals surface area (Å²) in [5.41, 5.74) is 5.19. The molecule has 0 spiro atoms. The van der Waals surface area contributed by atoms with E-state index in [-0.39, 0.29) is 26.2 Å². The van der Waals surface area contributed by atoms with E-state index in [9.17, 15) is 26.7 Å². The van der Waals surface area contributed by atoms with Crippen molar-refractivity contribution < 1.29 is 31.5 Å². The molecule has 1 aliphatic heterocycles. The monoisotopic (exact) mass is 262 g/mol. The zero-order valence-corrected chi connectivity index (χ0v) is 8.64. The van der Waals surface area contributed by atoms with Gasteiger partial charge in [0.05, 0.1) is 12.7 Å². The number of halogens is 5. The van der Waals surface area contributed by atoms with Crippen LogP contribution in [0.4, 0.5) is 22.0 Å². The van der Waals surface area contributed by atoms with E-state index < -0.39 is 24.1 Å². The van der Waals surface area contributed by atoms with E-state index in [4.69, 9.17) is 10.5 Å². The average Bonchev–Trinajstić information content (AvgIpc) is 2.26. The molecule has 0 saturated carbocycles. The fourth-order valence-electron chi connectivity index (χ4n) is 1.37. The number of amides is 1. The highest BCUT2D eigenvalue weighted by atomic mass is 19.4. The molecule has 1 aliphatic rings. The summed E-state index contributed by atoms with van der Waals surface area (Å²) in [5, 5.41) is 0. The van der Waals surface area contributed by atoms with Gasteiger partial charge in [-0.2, -0.15) is 22.0 Å². The van der Waals surface area contributed by atoms with Crippen LogP contribution in [0.1, 0.15) is 0 Å². The van der Waals surface area contributed by atoms with Crippen molar-refractivity contribution in [3.63, 3.8) is 0 Å². The number of carbonyl (C=O) groups excluding carboxylic acids is 1. The van der Waals surface area contributed by atoms with Gasteiger partial charge in [-0.15, -0.1) is 0 Å². The predicted molar refractivity (Wildman–Crippen MR) is 46.4 cm³/mol. The topological polar surface area (TPSA) is 55.6 Å². The quantitative estimate of drug-likeness (QED) is 0.731. The Balaban J connectivity index is 2.76. The smallest absolute Gasteiger partial charge is 0.373 e. The second kappa shape index (κ2) is 4.73. The Bertz CT molecular complexity index is 294. The van der Waals surface area contributed by atoms with Crippen LogP contribution in [0.5, 0.6) is 0 Å². The Kier molecular flexibility index (Phi) is 3.92. The lowest BCUT2D eigenvalue weighted by Crippen LogP contribution is -2.57. The molecule has 1 amide bonds. The molecule has 1 atom stereocenters. The zero-order valence-electron chi connectivity index (χ0n) is 8.64. The molecule has 1 heterocycles. The van der Waals surface area contributed by atoms with Crippen LogP contribution in [0.3, 0.4) is 0 Å². The maximum atomic E-state index is 12.8. The Morgan fingerprint density at radius 1 is 1.35 bits per heavy atom. The summed E-state index contributed by atoms with van der Waals surface area (Å²) in [6, 6.07) is 0. The van der Waals surface area contributed by atoms with Gasteiger partial charge in [-0.1, -0.05) is 0 Å². The molecule has 1 unspecified atom stereocenters. The first-order chi connectivity index (χ1) is 7.70. The van der Waals surface area contributed by atoms with Gasteiger partial charge in [0, 0.05) is 19.6 Å². The van der Waals surface area contributed by atoms with Crippen LogP contribution in [0, 0.1) is 0 Å². The fourth-order valence-corrected chi connectivity index (χ4v) is 1.37. The molecule has 1 saturated heterocycles. The van der Waals surface area contributed by atoms with Crippen molar-refractivity contribution in [2.24, 2.45) is 5.73 Å². The molecule has 9 heteroatoms. The lowest BCUT2D eigenvalue weighted by molar-refractivity contribution is -0.275. The third-order valence-corrected chi connectivity index (χ3v) is 2.31. The minimum absolute atomic E-state index is 0.0542. The highest BCUT2D eigenvalue weighted by molar-refractivity contribution is 5.84. The van der Waals surface area contributed by atoms with Gasteiger partial charge in [-0.05, 0) is 0 Å². The summed E-state index contributed by atoms with van der Waals surface area (Å²) >= 11 is 0. The molecule has 100 valence electrons. The summed E-state index contributed by atoms with van der Waals surface area (Å²) in [6.07, 6.45) is -6.60. The normalized spacial score (nSPS) is 22.7. The fraction of sp³-hybridized carbons (Fsp3) is 0.875. The van der Waals surface area contributed by atoms with Crippen molar-refractivity contribution in [1.82, 2.24) is 4.90 Å². The van der Waals surface area contributed by atoms with Crippen molar-refractivity contribution in [1.29, 1.82) is 0 Å². The van der Waals surface area contributed by atoms with Crippen LogP contribution in [-0.4, -0.2) is 55.3 Å². The molecule has 0 aromatic heterocycles. The number of morpholine rings is 1. The summed E-state index contributed by atoms with van der Waals surface area (Å²) in [6.45, 7) is -0.828. The summed E-state index contributed by atoms with van der Waals surface area (Å²) < 4.78 is 66.4. The first kappa shape index (κ1) is 14.1. The number of nitrogens with zero attached hydrogens (tertiary/aromatic N) is 1. The minimum Gasteiger partial charge on any atom is -0.373 e. The van der Waals surface area contributed by atoms with Crippen LogP contribution in [0.2, 0.25) is 0 Å². The molecule has 0 radical (unpaired) electrons. The molecule has 0 bridgehead atoms. The van der Waals surface area contributed by atoms with Gasteiger partial charge in [0.25, 0.3) is 0 Å². The van der Waals surface area contributed by atoms with Crippen molar-refractivity contribution in [2.75, 3.05) is 26.2 Å². The second-order valence-electron chi connectivity index (χ2n) is 3.55. The van der Waals surface area contributed by atoms with E-state index >= 15 is 0 Å². The van der Waals surface area contributed by atoms with Gasteiger partial charge in [-0.25, -0.2) is 0 Å². The molecule has 0 aromatic rings. The minimum atomic E-state index is -5.89. The van der Waals surface area contributed by atoms with Crippen LogP contribution in [0.15, 0.2) is 0 Å². The number of carbonyl (C=O) groups is 1. The molecular weight excluding hydrogens is 251 g/mol. The molecule has 0 aromatic carbocycles. The third-order valence-electron chi connectivity index (χ3n) is 2.31. The number of rotatable bonds is 2. The predicted octanol–water partition coefficient (Wildman–Crippen LogP) is 0.370. The zero-order chi connectivity index (χ0) is 13.3. The van der Waals surface area contributed by atoms with E-state index in [2.05, 4.69) is 0 Å². The van der Waals surface area contributed by atoms with Gasteiger partial charge in [-0.3, -0.25) is 4.79 Å². The molecule has 0 aliphatic carbocycles. The maximum absolute atomic E-state index is 12.8. The molecule has 17 heavy (non-hydrogen) atoms. The van der Waals surface area contributed by atoms with E-state index in [0.29, 0.717) is 4.90 Å². The maximum Gasteiger partial charge on any atom is 0.463 e. The number of alkyl halides is 5. The van der Waals surface area contributed by atoms with Gasteiger partial charge in [0.15, 0.2) is 0 Å². The molecule has 4 nitrogen and oxygen atoms in total.